The molecule has 332 valence electrons. The molecular formula is C47H94N2O6P+. The topological polar surface area (TPSA) is 105 Å². The van der Waals surface area contributed by atoms with E-state index < -0.39 is 20.0 Å². The Kier molecular flexibility index (Phi) is 38.7. The van der Waals surface area contributed by atoms with Crippen molar-refractivity contribution >= 4 is 13.7 Å². The molecule has 0 bridgehead atoms. The predicted molar refractivity (Wildman–Crippen MR) is 240 cm³/mol. The van der Waals surface area contributed by atoms with Crippen molar-refractivity contribution in [3.63, 3.8) is 0 Å². The molecule has 0 fully saturated rings. The summed E-state index contributed by atoms with van der Waals surface area (Å²) in [5.41, 5.74) is 0. The van der Waals surface area contributed by atoms with Crippen LogP contribution in [-0.4, -0.2) is 73.4 Å². The zero-order valence-electron chi connectivity index (χ0n) is 37.6. The fourth-order valence-electron chi connectivity index (χ4n) is 6.90. The number of carbonyl (C=O) groups excluding carboxylic acids is 1. The van der Waals surface area contributed by atoms with E-state index in [9.17, 15) is 19.4 Å². The van der Waals surface area contributed by atoms with Crippen molar-refractivity contribution < 1.29 is 32.9 Å². The summed E-state index contributed by atoms with van der Waals surface area (Å²) in [7, 11) is 1.62. The minimum absolute atomic E-state index is 0.0753. The number of nitrogens with one attached hydrogen (secondary N) is 1. The molecule has 3 atom stereocenters. The maximum Gasteiger partial charge on any atom is 0.472 e. The highest BCUT2D eigenvalue weighted by atomic mass is 31.2. The normalized spacial score (nSPS) is 14.5. The average molecular weight is 814 g/mol. The highest BCUT2D eigenvalue weighted by Gasteiger charge is 2.28. The number of nitrogens with zero attached hydrogens (tertiary/aromatic N) is 1. The van der Waals surface area contributed by atoms with Gasteiger partial charge in [-0.15, -0.1) is 0 Å². The molecule has 0 rings (SSSR count). The number of allylic oxidation sites excluding steroid dienone is 4. The molecule has 0 saturated heterocycles. The Hall–Kier alpha value is -1.02. The largest absolute Gasteiger partial charge is 0.472 e. The Morgan fingerprint density at radius 3 is 1.46 bits per heavy atom. The SMILES string of the molecule is CCCCCCC/C=C\C/C=C\CCCCCCCCCCCCCCCCCC(=O)NC(COP(=O)(O)OCC[N+](C)(C)C)C(O)CCCCCCCCC. The number of likely N-dealkylation sites (N-methyl/N-ethyl adjacent to an activating group) is 1. The Labute approximate surface area is 347 Å². The summed E-state index contributed by atoms with van der Waals surface area (Å²) in [6, 6.07) is -0.755. The van der Waals surface area contributed by atoms with Crippen LogP contribution in [0.4, 0.5) is 0 Å². The predicted octanol–water partition coefficient (Wildman–Crippen LogP) is 13.3. The summed E-state index contributed by atoms with van der Waals surface area (Å²) < 4.78 is 23.5. The molecule has 0 aliphatic rings. The number of unbranched alkanes of at least 4 members (excludes halogenated alkanes) is 26. The lowest BCUT2D eigenvalue weighted by Crippen LogP contribution is -2.46. The highest BCUT2D eigenvalue weighted by molar-refractivity contribution is 7.47. The molecule has 0 heterocycles. The molecule has 3 N–H and O–H groups in total. The smallest absolute Gasteiger partial charge is 0.391 e. The Morgan fingerprint density at radius 2 is 1.02 bits per heavy atom. The number of phosphoric acid groups is 1. The molecule has 1 amide bonds. The van der Waals surface area contributed by atoms with Crippen LogP contribution in [0.2, 0.25) is 0 Å². The van der Waals surface area contributed by atoms with Crippen molar-refractivity contribution in [1.82, 2.24) is 5.32 Å². The Bertz CT molecular complexity index is 969. The minimum Gasteiger partial charge on any atom is -0.391 e. The fraction of sp³-hybridized carbons (Fsp3) is 0.894. The van der Waals surface area contributed by atoms with Crippen LogP contribution in [0.25, 0.3) is 0 Å². The highest BCUT2D eigenvalue weighted by Crippen LogP contribution is 2.43. The lowest BCUT2D eigenvalue weighted by atomic mass is 10.0. The van der Waals surface area contributed by atoms with Gasteiger partial charge in [0.25, 0.3) is 0 Å². The van der Waals surface area contributed by atoms with Gasteiger partial charge in [-0.2, -0.15) is 0 Å². The van der Waals surface area contributed by atoms with Gasteiger partial charge in [-0.25, -0.2) is 4.57 Å². The van der Waals surface area contributed by atoms with Crippen molar-refractivity contribution in [2.45, 2.75) is 231 Å². The monoisotopic (exact) mass is 814 g/mol. The average Bonchev–Trinajstić information content (AvgIpc) is 3.15. The third-order valence-corrected chi connectivity index (χ3v) is 11.7. The van der Waals surface area contributed by atoms with E-state index in [1.807, 2.05) is 21.1 Å². The molecule has 0 aliphatic carbocycles. The fourth-order valence-corrected chi connectivity index (χ4v) is 7.64. The molecule has 9 heteroatoms. The van der Waals surface area contributed by atoms with Gasteiger partial charge in [-0.1, -0.05) is 192 Å². The van der Waals surface area contributed by atoms with Gasteiger partial charge in [0.2, 0.25) is 5.91 Å². The van der Waals surface area contributed by atoms with Gasteiger partial charge in [0.15, 0.2) is 0 Å². The van der Waals surface area contributed by atoms with Crippen LogP contribution in [0, 0.1) is 0 Å². The van der Waals surface area contributed by atoms with Crippen LogP contribution in [0.1, 0.15) is 219 Å². The Morgan fingerprint density at radius 1 is 0.607 bits per heavy atom. The van der Waals surface area contributed by atoms with Crippen LogP contribution in [-0.2, 0) is 18.4 Å². The zero-order chi connectivity index (χ0) is 41.4. The number of quaternary nitrogens is 1. The first-order valence-corrected chi connectivity index (χ1v) is 25.2. The number of amides is 1. The van der Waals surface area contributed by atoms with E-state index >= 15 is 0 Å². The van der Waals surface area contributed by atoms with Crippen molar-refractivity contribution in [2.75, 3.05) is 40.9 Å². The second-order valence-electron chi connectivity index (χ2n) is 17.5. The number of hydrogen-bond donors (Lipinski definition) is 3. The van der Waals surface area contributed by atoms with Gasteiger partial charge in [-0.05, 0) is 44.9 Å². The summed E-state index contributed by atoms with van der Waals surface area (Å²) in [5.74, 6) is -0.148. The molecule has 0 spiro atoms. The summed E-state index contributed by atoms with van der Waals surface area (Å²) in [6.07, 6.45) is 46.7. The van der Waals surface area contributed by atoms with Crippen molar-refractivity contribution in [1.29, 1.82) is 0 Å². The van der Waals surface area contributed by atoms with E-state index in [-0.39, 0.29) is 19.1 Å². The number of aliphatic hydroxyl groups is 1. The van der Waals surface area contributed by atoms with Crippen LogP contribution in [0.5, 0.6) is 0 Å². The van der Waals surface area contributed by atoms with Crippen molar-refractivity contribution in [3.8, 4) is 0 Å². The Balaban J connectivity index is 3.99. The van der Waals surface area contributed by atoms with Crippen molar-refractivity contribution in [3.05, 3.63) is 24.3 Å². The van der Waals surface area contributed by atoms with Crippen LogP contribution >= 0.6 is 7.82 Å². The standard InChI is InChI=1S/C47H93N2O6P/c1-6-8-10-12-14-15-16-17-18-19-20-21-22-23-24-25-26-27-28-29-30-31-32-33-35-37-39-41-47(51)48-45(46(50)40-38-36-34-13-11-9-7-2)44-55-56(52,53)54-43-42-49(3,4)5/h16-17,19-20,45-46,50H,6-15,18,21-44H2,1-5H3,(H-,48,51,52,53)/p+1/b17-16-,20-19-. The molecular weight excluding hydrogens is 719 g/mol. The maximum absolute atomic E-state index is 12.8. The van der Waals surface area contributed by atoms with Crippen LogP contribution < -0.4 is 5.32 Å². The molecule has 0 saturated carbocycles. The lowest BCUT2D eigenvalue weighted by molar-refractivity contribution is -0.870. The molecule has 0 aliphatic heterocycles. The molecule has 8 nitrogen and oxygen atoms in total. The first-order chi connectivity index (χ1) is 27.0. The van der Waals surface area contributed by atoms with E-state index in [1.165, 1.54) is 148 Å². The van der Waals surface area contributed by atoms with Gasteiger partial charge in [-0.3, -0.25) is 13.8 Å². The molecule has 3 unspecified atom stereocenters. The molecule has 56 heavy (non-hydrogen) atoms. The van der Waals surface area contributed by atoms with Crippen LogP contribution in [0.3, 0.4) is 0 Å². The van der Waals surface area contributed by atoms with E-state index in [0.29, 0.717) is 23.9 Å². The summed E-state index contributed by atoms with van der Waals surface area (Å²) in [5, 5.41) is 13.8. The molecule has 0 aromatic carbocycles. The van der Waals surface area contributed by atoms with E-state index in [0.717, 1.165) is 44.9 Å². The van der Waals surface area contributed by atoms with Gasteiger partial charge in [0.1, 0.15) is 13.2 Å². The minimum atomic E-state index is -4.30. The number of aliphatic hydroxyl groups excluding tert-OH is 1. The first-order valence-electron chi connectivity index (χ1n) is 23.7. The van der Waals surface area contributed by atoms with Crippen molar-refractivity contribution in [2.24, 2.45) is 0 Å². The van der Waals surface area contributed by atoms with Gasteiger partial charge in [0, 0.05) is 6.42 Å². The third kappa shape index (κ3) is 41.2. The first kappa shape index (κ1) is 55.0. The molecule has 0 aromatic rings. The molecule has 0 radical (unpaired) electrons. The quantitative estimate of drug-likeness (QED) is 0.0245. The van der Waals surface area contributed by atoms with Crippen LogP contribution in [0.15, 0.2) is 24.3 Å². The molecule has 0 aromatic heterocycles. The number of phosphoric ester groups is 1. The second-order valence-corrected chi connectivity index (χ2v) is 18.9. The van der Waals surface area contributed by atoms with E-state index in [1.54, 1.807) is 0 Å². The number of carbonyl (C=O) groups is 1. The van der Waals surface area contributed by atoms with Gasteiger partial charge < -0.3 is 19.8 Å². The lowest BCUT2D eigenvalue weighted by Gasteiger charge is -2.26. The van der Waals surface area contributed by atoms with Gasteiger partial charge in [0.05, 0.1) is 39.9 Å². The third-order valence-electron chi connectivity index (χ3n) is 10.7. The maximum atomic E-state index is 12.8. The number of rotatable bonds is 43. The zero-order valence-corrected chi connectivity index (χ0v) is 38.5. The second kappa shape index (κ2) is 39.4. The summed E-state index contributed by atoms with van der Waals surface area (Å²) >= 11 is 0. The van der Waals surface area contributed by atoms with Gasteiger partial charge >= 0.3 is 7.82 Å². The van der Waals surface area contributed by atoms with E-state index in [2.05, 4.69) is 43.5 Å². The summed E-state index contributed by atoms with van der Waals surface area (Å²) in [6.45, 7) is 4.83. The van der Waals surface area contributed by atoms with E-state index in [4.69, 9.17) is 9.05 Å². The number of hydrogen-bond acceptors (Lipinski definition) is 5. The summed E-state index contributed by atoms with van der Waals surface area (Å²) in [4.78, 5) is 23.0.